The van der Waals surface area contributed by atoms with Crippen LogP contribution < -0.4 is 5.73 Å². The molecule has 0 spiro atoms. The van der Waals surface area contributed by atoms with Crippen LogP contribution in [0, 0.1) is 6.92 Å². The molecule has 4 heteroatoms. The molecule has 1 aromatic rings. The van der Waals surface area contributed by atoms with Crippen LogP contribution in [-0.2, 0) is 0 Å². The molecule has 0 unspecified atom stereocenters. The number of nitrogens with two attached hydrogens (primary N) is 1. The van der Waals surface area contributed by atoms with E-state index in [0.29, 0.717) is 5.82 Å². The first-order valence-electron chi connectivity index (χ1n) is 2.06. The Morgan fingerprint density at radius 1 is 1.75 bits per heavy atom. The maximum atomic E-state index is 5.30. The molecule has 0 aromatic carbocycles. The highest BCUT2D eigenvalue weighted by Crippen LogP contribution is 1.98. The molecule has 3 nitrogen and oxygen atoms in total. The highest BCUT2D eigenvalue weighted by molar-refractivity contribution is 5.85. The molecule has 46 valence electrons. The molecule has 0 aliphatic carbocycles. The Balaban J connectivity index is 0.000000490. The fraction of sp³-hybridized carbons (Fsp3) is 0.250. The van der Waals surface area contributed by atoms with Gasteiger partial charge in [-0.25, -0.2) is 4.98 Å². The van der Waals surface area contributed by atoms with Gasteiger partial charge in [0, 0.05) is 0 Å². The van der Waals surface area contributed by atoms with Crippen LogP contribution >= 0.6 is 12.4 Å². The first-order valence-corrected chi connectivity index (χ1v) is 2.06. The molecule has 0 aliphatic rings. The van der Waals surface area contributed by atoms with E-state index in [4.69, 9.17) is 5.73 Å². The van der Waals surface area contributed by atoms with Crippen molar-refractivity contribution in [2.24, 2.45) is 0 Å². The monoisotopic (exact) mass is 133 g/mol. The van der Waals surface area contributed by atoms with Gasteiger partial charge in [-0.2, -0.15) is 0 Å². The lowest BCUT2D eigenvalue weighted by Crippen LogP contribution is -1.85. The molecular weight excluding hydrogens is 126 g/mol. The maximum absolute atomic E-state index is 5.30. The van der Waals surface area contributed by atoms with Gasteiger partial charge in [0.05, 0.1) is 12.0 Å². The Morgan fingerprint density at radius 2 is 2.38 bits per heavy atom. The van der Waals surface area contributed by atoms with Crippen molar-refractivity contribution in [2.45, 2.75) is 6.92 Å². The van der Waals surface area contributed by atoms with Gasteiger partial charge in [0.1, 0.15) is 5.82 Å². The molecule has 0 radical (unpaired) electrons. The standard InChI is InChI=1S/C4H7N3.ClH/c1-3-4(5)7-2-6-3;/h2H,5H2,1H3,(H,6,7);1H. The van der Waals surface area contributed by atoms with Gasteiger partial charge in [-0.1, -0.05) is 0 Å². The van der Waals surface area contributed by atoms with Crippen LogP contribution in [0.2, 0.25) is 0 Å². The Bertz CT molecular complexity index is 144. The van der Waals surface area contributed by atoms with E-state index < -0.39 is 0 Å². The van der Waals surface area contributed by atoms with E-state index >= 15 is 0 Å². The Morgan fingerprint density at radius 3 is 2.50 bits per heavy atom. The van der Waals surface area contributed by atoms with Gasteiger partial charge in [0.15, 0.2) is 0 Å². The number of nitrogens with zero attached hydrogens (tertiary/aromatic N) is 1. The molecule has 0 bridgehead atoms. The summed E-state index contributed by atoms with van der Waals surface area (Å²) in [7, 11) is 0. The number of anilines is 1. The second-order valence-corrected chi connectivity index (χ2v) is 1.41. The Hall–Kier alpha value is -0.700. The Kier molecular flexibility index (Phi) is 2.34. The van der Waals surface area contributed by atoms with Crippen LogP contribution in [0.5, 0.6) is 0 Å². The predicted molar refractivity (Wildman–Crippen MR) is 35.0 cm³/mol. The smallest absolute Gasteiger partial charge is 0.144 e. The highest BCUT2D eigenvalue weighted by Gasteiger charge is 1.88. The predicted octanol–water partition coefficient (Wildman–Crippen LogP) is 0.722. The third-order valence-electron chi connectivity index (χ3n) is 0.869. The van der Waals surface area contributed by atoms with Crippen molar-refractivity contribution < 1.29 is 0 Å². The maximum Gasteiger partial charge on any atom is 0.144 e. The molecule has 8 heavy (non-hydrogen) atoms. The number of nitrogens with one attached hydrogen (secondary N) is 1. The second kappa shape index (κ2) is 2.57. The van der Waals surface area contributed by atoms with Crippen molar-refractivity contribution in [3.8, 4) is 0 Å². The summed E-state index contributed by atoms with van der Waals surface area (Å²) in [6, 6.07) is 0. The van der Waals surface area contributed by atoms with Gasteiger partial charge in [-0.3, -0.25) is 0 Å². The average molecular weight is 134 g/mol. The number of aryl methyl sites for hydroxylation is 1. The minimum atomic E-state index is 0. The quantitative estimate of drug-likeness (QED) is 0.548. The molecule has 0 saturated carbocycles. The molecule has 0 atom stereocenters. The number of nitrogen functional groups attached to an aromatic ring is 1. The number of aromatic amines is 1. The molecular formula is C4H8ClN3. The van der Waals surface area contributed by atoms with E-state index in [0.717, 1.165) is 5.69 Å². The van der Waals surface area contributed by atoms with Crippen LogP contribution in [0.25, 0.3) is 0 Å². The molecule has 1 heterocycles. The normalized spacial score (nSPS) is 8.12. The van der Waals surface area contributed by atoms with Crippen molar-refractivity contribution in [3.05, 3.63) is 12.0 Å². The van der Waals surface area contributed by atoms with Crippen LogP contribution in [0.4, 0.5) is 5.82 Å². The SMILES string of the molecule is Cc1[nH]cnc1N.Cl. The minimum absolute atomic E-state index is 0. The molecule has 0 fully saturated rings. The molecule has 0 aliphatic heterocycles. The van der Waals surface area contributed by atoms with E-state index in [9.17, 15) is 0 Å². The zero-order chi connectivity index (χ0) is 5.28. The van der Waals surface area contributed by atoms with E-state index in [1.165, 1.54) is 0 Å². The summed E-state index contributed by atoms with van der Waals surface area (Å²) in [5.41, 5.74) is 6.23. The Labute approximate surface area is 53.7 Å². The summed E-state index contributed by atoms with van der Waals surface area (Å²) < 4.78 is 0. The van der Waals surface area contributed by atoms with E-state index in [-0.39, 0.29) is 12.4 Å². The number of imidazole rings is 1. The largest absolute Gasteiger partial charge is 0.382 e. The number of H-pyrrole nitrogens is 1. The summed E-state index contributed by atoms with van der Waals surface area (Å²) in [6.45, 7) is 1.88. The van der Waals surface area contributed by atoms with Gasteiger partial charge in [-0.15, -0.1) is 12.4 Å². The van der Waals surface area contributed by atoms with Crippen molar-refractivity contribution in [1.82, 2.24) is 9.97 Å². The minimum Gasteiger partial charge on any atom is -0.382 e. The van der Waals surface area contributed by atoms with E-state index in [1.807, 2.05) is 6.92 Å². The molecule has 1 rings (SSSR count). The summed E-state index contributed by atoms with van der Waals surface area (Å²) in [5, 5.41) is 0. The molecule has 0 amide bonds. The van der Waals surface area contributed by atoms with Gasteiger partial charge in [-0.05, 0) is 6.92 Å². The lowest BCUT2D eigenvalue weighted by molar-refractivity contribution is 1.25. The highest BCUT2D eigenvalue weighted by atomic mass is 35.5. The summed E-state index contributed by atoms with van der Waals surface area (Å²) >= 11 is 0. The summed E-state index contributed by atoms with van der Waals surface area (Å²) in [6.07, 6.45) is 1.57. The number of hydrogen-bond acceptors (Lipinski definition) is 2. The fourth-order valence-corrected chi connectivity index (χ4v) is 0.369. The second-order valence-electron chi connectivity index (χ2n) is 1.41. The van der Waals surface area contributed by atoms with Crippen LogP contribution in [0.1, 0.15) is 5.69 Å². The number of rotatable bonds is 0. The number of hydrogen-bond donors (Lipinski definition) is 2. The average Bonchev–Trinajstić information content (AvgIpc) is 1.91. The fourth-order valence-electron chi connectivity index (χ4n) is 0.369. The van der Waals surface area contributed by atoms with Gasteiger partial charge in [0.25, 0.3) is 0 Å². The van der Waals surface area contributed by atoms with Crippen molar-refractivity contribution in [2.75, 3.05) is 5.73 Å². The number of halogens is 1. The van der Waals surface area contributed by atoms with Crippen molar-refractivity contribution >= 4 is 18.2 Å². The first kappa shape index (κ1) is 7.30. The van der Waals surface area contributed by atoms with Crippen molar-refractivity contribution in [3.63, 3.8) is 0 Å². The molecule has 1 aromatic heterocycles. The van der Waals surface area contributed by atoms with Gasteiger partial charge < -0.3 is 10.7 Å². The zero-order valence-corrected chi connectivity index (χ0v) is 5.33. The first-order chi connectivity index (χ1) is 3.30. The summed E-state index contributed by atoms with van der Waals surface area (Å²) in [5.74, 6) is 0.583. The summed E-state index contributed by atoms with van der Waals surface area (Å²) in [4.78, 5) is 6.57. The zero-order valence-electron chi connectivity index (χ0n) is 4.51. The lowest BCUT2D eigenvalue weighted by Gasteiger charge is -1.79. The topological polar surface area (TPSA) is 54.7 Å². The molecule has 0 saturated heterocycles. The lowest BCUT2D eigenvalue weighted by atomic mass is 10.5. The number of aromatic nitrogens is 2. The molecule has 3 N–H and O–H groups in total. The third kappa shape index (κ3) is 1.13. The van der Waals surface area contributed by atoms with E-state index in [2.05, 4.69) is 9.97 Å². The third-order valence-corrected chi connectivity index (χ3v) is 0.869. The van der Waals surface area contributed by atoms with Gasteiger partial charge >= 0.3 is 0 Å². The van der Waals surface area contributed by atoms with Crippen LogP contribution in [0.15, 0.2) is 6.33 Å². The van der Waals surface area contributed by atoms with E-state index in [1.54, 1.807) is 6.33 Å². The van der Waals surface area contributed by atoms with Crippen LogP contribution in [-0.4, -0.2) is 9.97 Å². The van der Waals surface area contributed by atoms with Crippen LogP contribution in [0.3, 0.4) is 0 Å². The van der Waals surface area contributed by atoms with Gasteiger partial charge in [0.2, 0.25) is 0 Å². The van der Waals surface area contributed by atoms with Crippen molar-refractivity contribution in [1.29, 1.82) is 0 Å².